The van der Waals surface area contributed by atoms with Crippen molar-refractivity contribution < 1.29 is 14.0 Å². The Morgan fingerprint density at radius 3 is 2.81 bits per heavy atom. The number of hydrogen-bond donors (Lipinski definition) is 2. The lowest BCUT2D eigenvalue weighted by atomic mass is 9.84. The molecule has 2 fully saturated rings. The maximum Gasteiger partial charge on any atom is 0.257 e. The van der Waals surface area contributed by atoms with Crippen LogP contribution in [0.15, 0.2) is 29.2 Å². The van der Waals surface area contributed by atoms with Crippen molar-refractivity contribution in [1.29, 1.82) is 0 Å². The zero-order valence-electron chi connectivity index (χ0n) is 18.5. The molecule has 5 nitrogen and oxygen atoms in total. The number of halogens is 1. The minimum absolute atomic E-state index is 0.0217. The van der Waals surface area contributed by atoms with E-state index in [-0.39, 0.29) is 34.8 Å². The Kier molecular flexibility index (Phi) is 8.96. The Morgan fingerprint density at radius 2 is 2.06 bits per heavy atom. The van der Waals surface area contributed by atoms with E-state index in [4.69, 9.17) is 0 Å². The first kappa shape index (κ1) is 23.8. The van der Waals surface area contributed by atoms with Gasteiger partial charge in [-0.1, -0.05) is 38.5 Å². The number of nitrogens with zero attached hydrogens (tertiary/aromatic N) is 1. The van der Waals surface area contributed by atoms with E-state index in [1.54, 1.807) is 24.3 Å². The molecule has 3 rings (SSSR count). The van der Waals surface area contributed by atoms with Crippen molar-refractivity contribution >= 4 is 29.7 Å². The summed E-state index contributed by atoms with van der Waals surface area (Å²) in [7, 11) is 0. The number of rotatable bonds is 9. The Hall–Kier alpha value is -1.86. The van der Waals surface area contributed by atoms with Gasteiger partial charge in [-0.15, -0.1) is 11.8 Å². The normalized spacial score (nSPS) is 24.7. The topological polar surface area (TPSA) is 61.4 Å². The largest absolute Gasteiger partial charge is 0.348 e. The molecule has 170 valence electrons. The summed E-state index contributed by atoms with van der Waals surface area (Å²) in [5, 5.41) is 6.40. The first-order valence-corrected chi connectivity index (χ1v) is 12.3. The molecule has 7 heteroatoms. The van der Waals surface area contributed by atoms with Gasteiger partial charge in [-0.3, -0.25) is 14.5 Å². The van der Waals surface area contributed by atoms with Crippen LogP contribution in [0.5, 0.6) is 0 Å². The Labute approximate surface area is 189 Å². The summed E-state index contributed by atoms with van der Waals surface area (Å²) in [5.41, 5.74) is 0.423. The van der Waals surface area contributed by atoms with Gasteiger partial charge >= 0.3 is 0 Å². The van der Waals surface area contributed by atoms with Crippen molar-refractivity contribution in [3.8, 4) is 0 Å². The molecule has 0 radical (unpaired) electrons. The van der Waals surface area contributed by atoms with Gasteiger partial charge in [-0.25, -0.2) is 4.39 Å². The third-order valence-corrected chi connectivity index (χ3v) is 7.44. The van der Waals surface area contributed by atoms with Crippen molar-refractivity contribution in [3.05, 3.63) is 40.6 Å². The first-order valence-electron chi connectivity index (χ1n) is 11.5. The zero-order valence-corrected chi connectivity index (χ0v) is 19.3. The molecule has 1 aromatic carbocycles. The van der Waals surface area contributed by atoms with Gasteiger partial charge in [0.25, 0.3) is 5.91 Å². The maximum atomic E-state index is 14.0. The van der Waals surface area contributed by atoms with Crippen molar-refractivity contribution in [2.24, 2.45) is 5.92 Å². The number of fused-ring (bicyclic) bond motifs is 1. The summed E-state index contributed by atoms with van der Waals surface area (Å²) in [4.78, 5) is 28.2. The van der Waals surface area contributed by atoms with Gasteiger partial charge in [-0.2, -0.15) is 0 Å². The fourth-order valence-corrected chi connectivity index (χ4v) is 5.55. The maximum absolute atomic E-state index is 14.0. The highest BCUT2D eigenvalue weighted by Gasteiger charge is 2.39. The zero-order chi connectivity index (χ0) is 22.2. The number of hydrogen-bond acceptors (Lipinski definition) is 4. The Bertz CT molecular complexity index is 801. The van der Waals surface area contributed by atoms with Crippen LogP contribution in [0.4, 0.5) is 4.39 Å². The highest BCUT2D eigenvalue weighted by molar-refractivity contribution is 8.04. The van der Waals surface area contributed by atoms with Gasteiger partial charge in [0.2, 0.25) is 5.91 Å². The fraction of sp³-hybridized carbons (Fsp3) is 0.583. The van der Waals surface area contributed by atoms with Crippen LogP contribution in [0.2, 0.25) is 0 Å². The number of nitrogens with one attached hydrogen (secondary N) is 2. The SMILES string of the molecule is CCCCN(CCC)CNC(=O)C1CCC2S/C(=C/c3ccccc3F)C(=O)NC2C1. The summed E-state index contributed by atoms with van der Waals surface area (Å²) in [6.45, 7) is 6.91. The van der Waals surface area contributed by atoms with E-state index in [1.807, 2.05) is 0 Å². The van der Waals surface area contributed by atoms with Gasteiger partial charge in [0.15, 0.2) is 0 Å². The van der Waals surface area contributed by atoms with Crippen molar-refractivity contribution in [1.82, 2.24) is 15.5 Å². The van der Waals surface area contributed by atoms with Crippen LogP contribution in [-0.4, -0.2) is 47.8 Å². The first-order chi connectivity index (χ1) is 15.0. The second kappa shape index (κ2) is 11.7. The molecule has 2 N–H and O–H groups in total. The predicted molar refractivity (Wildman–Crippen MR) is 125 cm³/mol. The third kappa shape index (κ3) is 6.56. The van der Waals surface area contributed by atoms with E-state index in [0.29, 0.717) is 23.6 Å². The standard InChI is InChI=1S/C24H34FN3O2S/c1-3-5-13-28(12-4-2)16-26-23(29)18-10-11-21-20(14-18)27-24(30)22(31-21)15-17-8-6-7-9-19(17)25/h6-9,15,18,20-21H,3-5,10-14,16H2,1-2H3,(H,26,29)(H,27,30)/b22-15+. The van der Waals surface area contributed by atoms with Gasteiger partial charge in [-0.05, 0) is 57.3 Å². The number of carbonyl (C=O) groups excluding carboxylic acids is 2. The van der Waals surface area contributed by atoms with Crippen molar-refractivity contribution in [2.75, 3.05) is 19.8 Å². The van der Waals surface area contributed by atoms with E-state index < -0.39 is 0 Å². The number of carbonyl (C=O) groups is 2. The van der Waals surface area contributed by atoms with Crippen LogP contribution in [0.3, 0.4) is 0 Å². The van der Waals surface area contributed by atoms with E-state index in [0.717, 1.165) is 45.2 Å². The van der Waals surface area contributed by atoms with E-state index in [9.17, 15) is 14.0 Å². The summed E-state index contributed by atoms with van der Waals surface area (Å²) in [6, 6.07) is 6.45. The lowest BCUT2D eigenvalue weighted by Crippen LogP contribution is -2.52. The highest BCUT2D eigenvalue weighted by Crippen LogP contribution is 2.40. The highest BCUT2D eigenvalue weighted by atomic mass is 32.2. The molecule has 1 aromatic rings. The monoisotopic (exact) mass is 447 g/mol. The Morgan fingerprint density at radius 1 is 1.26 bits per heavy atom. The minimum Gasteiger partial charge on any atom is -0.348 e. The lowest BCUT2D eigenvalue weighted by Gasteiger charge is -2.39. The molecule has 0 spiro atoms. The summed E-state index contributed by atoms with van der Waals surface area (Å²) < 4.78 is 14.0. The molecule has 1 saturated heterocycles. The van der Waals surface area contributed by atoms with E-state index >= 15 is 0 Å². The number of amides is 2. The van der Waals surface area contributed by atoms with Crippen LogP contribution in [0.25, 0.3) is 6.08 Å². The molecule has 1 aliphatic heterocycles. The molecule has 0 bridgehead atoms. The van der Waals surface area contributed by atoms with Crippen molar-refractivity contribution in [3.63, 3.8) is 0 Å². The predicted octanol–water partition coefficient (Wildman–Crippen LogP) is 4.15. The van der Waals surface area contributed by atoms with Crippen LogP contribution in [0.1, 0.15) is 57.9 Å². The van der Waals surface area contributed by atoms with Gasteiger partial charge in [0, 0.05) is 22.8 Å². The van der Waals surface area contributed by atoms with Crippen molar-refractivity contribution in [2.45, 2.75) is 63.7 Å². The molecule has 31 heavy (non-hydrogen) atoms. The smallest absolute Gasteiger partial charge is 0.257 e. The van der Waals surface area contributed by atoms with Crippen LogP contribution in [-0.2, 0) is 9.59 Å². The molecule has 3 unspecified atom stereocenters. The second-order valence-electron chi connectivity index (χ2n) is 8.45. The summed E-state index contributed by atoms with van der Waals surface area (Å²) in [6.07, 6.45) is 7.30. The van der Waals surface area contributed by atoms with Gasteiger partial charge < -0.3 is 10.6 Å². The molecule has 2 aliphatic rings. The molecular formula is C24H34FN3O2S. The molecule has 3 atom stereocenters. The summed E-state index contributed by atoms with van der Waals surface area (Å²) >= 11 is 1.52. The van der Waals surface area contributed by atoms with Crippen LogP contribution < -0.4 is 10.6 Å². The molecule has 1 aliphatic carbocycles. The van der Waals surface area contributed by atoms with Crippen LogP contribution in [0, 0.1) is 11.7 Å². The number of thioether (sulfide) groups is 1. The second-order valence-corrected chi connectivity index (χ2v) is 9.73. The molecule has 2 amide bonds. The average Bonchev–Trinajstić information content (AvgIpc) is 2.77. The van der Waals surface area contributed by atoms with E-state index in [1.165, 1.54) is 17.8 Å². The number of benzene rings is 1. The quantitative estimate of drug-likeness (QED) is 0.441. The molecular weight excluding hydrogens is 413 g/mol. The molecule has 1 heterocycles. The Balaban J connectivity index is 1.54. The average molecular weight is 448 g/mol. The summed E-state index contributed by atoms with van der Waals surface area (Å²) in [5.74, 6) is -0.497. The van der Waals surface area contributed by atoms with Gasteiger partial charge in [0.1, 0.15) is 5.82 Å². The molecule has 0 aromatic heterocycles. The third-order valence-electron chi connectivity index (χ3n) is 6.01. The van der Waals surface area contributed by atoms with E-state index in [2.05, 4.69) is 29.4 Å². The van der Waals surface area contributed by atoms with Gasteiger partial charge in [0.05, 0.1) is 11.6 Å². The number of unbranched alkanes of at least 4 members (excludes halogenated alkanes) is 1. The lowest BCUT2D eigenvalue weighted by molar-refractivity contribution is -0.127. The minimum atomic E-state index is -0.332. The van der Waals surface area contributed by atoms with Crippen LogP contribution >= 0.6 is 11.8 Å². The molecule has 1 saturated carbocycles. The fourth-order valence-electron chi connectivity index (χ4n) is 4.26.